The smallest absolute Gasteiger partial charge is 0.200 e. The third-order valence-electron chi connectivity index (χ3n) is 1.61. The summed E-state index contributed by atoms with van der Waals surface area (Å²) < 4.78 is 64.1. The van der Waals surface area contributed by atoms with E-state index in [4.69, 9.17) is 32.0 Å². The van der Waals surface area contributed by atoms with Gasteiger partial charge in [-0.25, -0.2) is 22.0 Å². The number of hydrogen-bond acceptors (Lipinski definition) is 0. The lowest BCUT2D eigenvalue weighted by Crippen LogP contribution is -2.07. The number of hydrogen-bond donors (Lipinski definition) is 0. The summed E-state index contributed by atoms with van der Waals surface area (Å²) in [4.78, 5) is 0. The molecule has 0 heterocycles. The first kappa shape index (κ1) is 14.2. The van der Waals surface area contributed by atoms with Gasteiger partial charge in [0.2, 0.25) is 5.82 Å². The van der Waals surface area contributed by atoms with Crippen molar-refractivity contribution in [3.8, 4) is 0 Å². The van der Waals surface area contributed by atoms with Crippen LogP contribution in [0.3, 0.4) is 0 Å². The standard InChI is InChI=1S/C7H2Cl3F5S/c8-16(9,10)1-2-3(11)5(13)7(15)6(14)4(2)12/h1H2. The van der Waals surface area contributed by atoms with Crippen molar-refractivity contribution >= 4 is 39.7 Å². The number of benzene rings is 1. The lowest BCUT2D eigenvalue weighted by Gasteiger charge is -2.16. The average molecular weight is 320 g/mol. The monoisotopic (exact) mass is 318 g/mol. The molecule has 0 bridgehead atoms. The van der Waals surface area contributed by atoms with Gasteiger partial charge in [0.1, 0.15) is 0 Å². The molecule has 16 heavy (non-hydrogen) atoms. The summed E-state index contributed by atoms with van der Waals surface area (Å²) in [5.41, 5.74) is -1.12. The number of halogens is 8. The summed E-state index contributed by atoms with van der Waals surface area (Å²) in [6, 6.07) is 0. The van der Waals surface area contributed by atoms with Gasteiger partial charge in [-0.15, -0.1) is 0 Å². The normalized spacial score (nSPS) is 13.0. The maximum Gasteiger partial charge on any atom is 0.200 e. The zero-order valence-electron chi connectivity index (χ0n) is 7.14. The predicted molar refractivity (Wildman–Crippen MR) is 55.1 cm³/mol. The van der Waals surface area contributed by atoms with Crippen LogP contribution in [0.1, 0.15) is 5.56 Å². The zero-order valence-corrected chi connectivity index (χ0v) is 10.2. The van der Waals surface area contributed by atoms with Crippen molar-refractivity contribution < 1.29 is 22.0 Å². The summed E-state index contributed by atoms with van der Waals surface area (Å²) in [5, 5.41) is 0. The van der Waals surface area contributed by atoms with Gasteiger partial charge in [-0.2, -0.15) is 0 Å². The van der Waals surface area contributed by atoms with Gasteiger partial charge < -0.3 is 0 Å². The Kier molecular flexibility index (Phi) is 4.21. The second-order valence-corrected chi connectivity index (χ2v) is 10.2. The molecule has 0 aliphatic heterocycles. The van der Waals surface area contributed by atoms with Crippen LogP contribution in [-0.2, 0) is 5.75 Å². The fourth-order valence-corrected chi connectivity index (χ4v) is 2.50. The minimum Gasteiger partial charge on any atom is -0.203 e. The molecule has 1 aromatic rings. The Morgan fingerprint density at radius 3 is 1.31 bits per heavy atom. The Bertz CT molecular complexity index is 402. The molecule has 0 aliphatic carbocycles. The van der Waals surface area contributed by atoms with E-state index in [1.807, 2.05) is 0 Å². The van der Waals surface area contributed by atoms with Crippen LogP contribution in [0.4, 0.5) is 22.0 Å². The Hall–Kier alpha value is 0.0900. The summed E-state index contributed by atoms with van der Waals surface area (Å²) in [6.07, 6.45) is 0. The van der Waals surface area contributed by atoms with Crippen LogP contribution < -0.4 is 0 Å². The molecule has 1 aromatic carbocycles. The van der Waals surface area contributed by atoms with E-state index in [1.54, 1.807) is 0 Å². The first-order valence-electron chi connectivity index (χ1n) is 3.55. The summed E-state index contributed by atoms with van der Waals surface area (Å²) in [7, 11) is 12.9. The summed E-state index contributed by atoms with van der Waals surface area (Å²) in [6.45, 7) is 0. The van der Waals surface area contributed by atoms with Crippen LogP contribution in [0, 0.1) is 29.1 Å². The Morgan fingerprint density at radius 2 is 1.00 bits per heavy atom. The van der Waals surface area contributed by atoms with E-state index in [0.717, 1.165) is 0 Å². The van der Waals surface area contributed by atoms with Crippen molar-refractivity contribution in [2.24, 2.45) is 0 Å². The molecule has 0 aromatic heterocycles. The summed E-state index contributed by atoms with van der Waals surface area (Å²) >= 11 is 0. The topological polar surface area (TPSA) is 0 Å². The van der Waals surface area contributed by atoms with E-state index in [0.29, 0.717) is 0 Å². The average Bonchev–Trinajstić information content (AvgIpc) is 2.17. The maximum atomic E-state index is 13.0. The molecule has 9 heteroatoms. The van der Waals surface area contributed by atoms with E-state index in [1.165, 1.54) is 0 Å². The first-order valence-corrected chi connectivity index (χ1v) is 7.83. The summed E-state index contributed by atoms with van der Waals surface area (Å²) in [5.74, 6) is -11.1. The molecule has 0 saturated carbocycles. The molecule has 0 unspecified atom stereocenters. The third kappa shape index (κ3) is 2.85. The molecular weight excluding hydrogens is 317 g/mol. The quantitative estimate of drug-likeness (QED) is 0.402. The van der Waals surface area contributed by atoms with Gasteiger partial charge in [-0.1, -0.05) is 0 Å². The Balaban J connectivity index is 3.40. The first-order chi connectivity index (χ1) is 7.15. The molecule has 0 radical (unpaired) electrons. The van der Waals surface area contributed by atoms with Crippen molar-refractivity contribution in [3.63, 3.8) is 0 Å². The van der Waals surface area contributed by atoms with Crippen molar-refractivity contribution in [1.82, 2.24) is 0 Å². The van der Waals surface area contributed by atoms with Crippen LogP contribution in [-0.4, -0.2) is 0 Å². The van der Waals surface area contributed by atoms with Crippen molar-refractivity contribution in [2.45, 2.75) is 5.75 Å². The molecule has 0 spiro atoms. The fraction of sp³-hybridized carbons (Fsp3) is 0.143. The highest BCUT2D eigenvalue weighted by Gasteiger charge is 2.29. The molecule has 92 valence electrons. The van der Waals surface area contributed by atoms with Crippen LogP contribution >= 0.6 is 39.7 Å². The lowest BCUT2D eigenvalue weighted by molar-refractivity contribution is 0.372. The molecule has 0 nitrogen and oxygen atoms in total. The number of rotatable bonds is 2. The van der Waals surface area contributed by atoms with Crippen molar-refractivity contribution in [1.29, 1.82) is 0 Å². The van der Waals surface area contributed by atoms with Gasteiger partial charge in [0.25, 0.3) is 0 Å². The maximum absolute atomic E-state index is 13.0. The molecule has 1 rings (SSSR count). The van der Waals surface area contributed by atoms with Gasteiger partial charge in [-0.05, 0) is 39.7 Å². The van der Waals surface area contributed by atoms with Crippen LogP contribution in [0.5, 0.6) is 0 Å². The SMILES string of the molecule is Fc1c(F)c(F)c(CS(Cl)(Cl)Cl)c(F)c1F. The van der Waals surface area contributed by atoms with E-state index in [-0.39, 0.29) is 0 Å². The predicted octanol–water partition coefficient (Wildman–Crippen LogP) is 5.15. The molecule has 0 saturated heterocycles. The molecule has 0 atom stereocenters. The van der Waals surface area contributed by atoms with Crippen LogP contribution in [0.25, 0.3) is 0 Å². The largest absolute Gasteiger partial charge is 0.203 e. The van der Waals surface area contributed by atoms with Crippen molar-refractivity contribution in [3.05, 3.63) is 34.6 Å². The van der Waals surface area contributed by atoms with Crippen LogP contribution in [0.2, 0.25) is 0 Å². The van der Waals surface area contributed by atoms with Gasteiger partial charge in [0.15, 0.2) is 23.3 Å². The molecule has 0 aliphatic rings. The van der Waals surface area contributed by atoms with E-state index in [9.17, 15) is 22.0 Å². The molecule has 0 fully saturated rings. The molecular formula is C7H2Cl3F5S. The highest BCUT2D eigenvalue weighted by molar-refractivity contribution is 8.78. The van der Waals surface area contributed by atoms with Gasteiger partial charge in [0.05, 0.1) is 0 Å². The second kappa shape index (κ2) is 4.76. The zero-order chi connectivity index (χ0) is 12.7. The molecule has 0 amide bonds. The third-order valence-corrected chi connectivity index (χ3v) is 3.21. The van der Waals surface area contributed by atoms with Crippen molar-refractivity contribution in [2.75, 3.05) is 0 Å². The highest BCUT2D eigenvalue weighted by atomic mass is 36.2. The minimum absolute atomic E-state index is 0.844. The Labute approximate surface area is 102 Å². The second-order valence-electron chi connectivity index (χ2n) is 2.70. The Morgan fingerprint density at radius 1 is 0.688 bits per heavy atom. The van der Waals surface area contributed by atoms with E-state index < -0.39 is 48.1 Å². The van der Waals surface area contributed by atoms with Gasteiger partial charge >= 0.3 is 0 Å². The van der Waals surface area contributed by atoms with Gasteiger partial charge in [0, 0.05) is 11.3 Å². The fourth-order valence-electron chi connectivity index (χ4n) is 0.941. The lowest BCUT2D eigenvalue weighted by atomic mass is 10.2. The van der Waals surface area contributed by atoms with Crippen LogP contribution in [0.15, 0.2) is 0 Å². The van der Waals surface area contributed by atoms with E-state index >= 15 is 0 Å². The van der Waals surface area contributed by atoms with Gasteiger partial charge in [-0.3, -0.25) is 0 Å². The molecule has 0 N–H and O–H groups in total. The minimum atomic E-state index is -2.99. The van der Waals surface area contributed by atoms with E-state index in [2.05, 4.69) is 0 Å². The highest BCUT2D eigenvalue weighted by Crippen LogP contribution is 2.65.